The van der Waals surface area contributed by atoms with Gasteiger partial charge >= 0.3 is 66.9 Å². The van der Waals surface area contributed by atoms with Crippen LogP contribution < -0.4 is 57.5 Å². The van der Waals surface area contributed by atoms with Gasteiger partial charge in [0, 0.05) is 0 Å². The summed E-state index contributed by atoms with van der Waals surface area (Å²) in [7, 11) is 0. The van der Waals surface area contributed by atoms with Crippen molar-refractivity contribution in [3.05, 3.63) is 0 Å². The molecular weight excluding hydrogens is 137 g/mol. The van der Waals surface area contributed by atoms with Crippen LogP contribution in [-0.2, 0) is 0 Å². The van der Waals surface area contributed by atoms with Crippen LogP contribution in [0.3, 0.4) is 0 Å². The van der Waals surface area contributed by atoms with Gasteiger partial charge in [-0.25, -0.2) is 0 Å². The van der Waals surface area contributed by atoms with Gasteiger partial charge in [0.25, 0.3) is 0 Å². The molecule has 0 unspecified atom stereocenters. The average Bonchev–Trinajstić information content (AvgIpc) is 0.811. The zero-order valence-corrected chi connectivity index (χ0v) is 7.70. The SMILES string of the molecule is N.[F][Al]([F])[F].[H-].[K+]. The molecule has 0 aromatic carbocycles. The van der Waals surface area contributed by atoms with Gasteiger partial charge < -0.3 is 18.1 Å². The van der Waals surface area contributed by atoms with Gasteiger partial charge in [-0.15, -0.1) is 0 Å². The maximum absolute atomic E-state index is 9.81. The van der Waals surface area contributed by atoms with Gasteiger partial charge in [-0.3, -0.25) is 0 Å². The van der Waals surface area contributed by atoms with Gasteiger partial charge in [0.15, 0.2) is 0 Å². The van der Waals surface area contributed by atoms with E-state index in [-0.39, 0.29) is 59.0 Å². The predicted octanol–water partition coefficient (Wildman–Crippen LogP) is -1.84. The van der Waals surface area contributed by atoms with Gasteiger partial charge in [-0.05, 0) is 0 Å². The molecule has 0 aliphatic carbocycles. The van der Waals surface area contributed by atoms with E-state index in [4.69, 9.17) is 0 Å². The minimum absolute atomic E-state index is 0. The third-order valence-corrected chi connectivity index (χ3v) is 0. The number of rotatable bonds is 0. The molecule has 0 heterocycles. The zero-order valence-electron chi connectivity index (χ0n) is 4.42. The Bertz CT molecular complexity index is 19.7. The Balaban J connectivity index is -0.0000000150. The summed E-state index contributed by atoms with van der Waals surface area (Å²) in [6, 6.07) is 0. The van der Waals surface area contributed by atoms with Crippen molar-refractivity contribution in [3.8, 4) is 0 Å². The van der Waals surface area contributed by atoms with Crippen molar-refractivity contribution in [2.75, 3.05) is 0 Å². The maximum atomic E-state index is 9.81. The van der Waals surface area contributed by atoms with E-state index in [1.165, 1.54) is 0 Å². The molecule has 0 radical (unpaired) electrons. The Morgan fingerprint density at radius 1 is 1.17 bits per heavy atom. The second kappa shape index (κ2) is 10.0. The van der Waals surface area contributed by atoms with Gasteiger partial charge in [0.1, 0.15) is 0 Å². The van der Waals surface area contributed by atoms with E-state index in [1.54, 1.807) is 0 Å². The molecule has 3 N–H and O–H groups in total. The fourth-order valence-corrected chi connectivity index (χ4v) is 0. The molecular formula is H4AlF3KN. The molecule has 0 spiro atoms. The summed E-state index contributed by atoms with van der Waals surface area (Å²) in [6.45, 7) is 0. The molecule has 0 aromatic heterocycles. The molecule has 6 heteroatoms. The molecule has 6 heavy (non-hydrogen) atoms. The van der Waals surface area contributed by atoms with E-state index in [9.17, 15) is 10.6 Å². The predicted molar refractivity (Wildman–Crippen MR) is 15.2 cm³/mol. The number of halogens is 3. The normalized spacial score (nSPS) is 4.50. The second-order valence-corrected chi connectivity index (χ2v) is 0.742. The van der Waals surface area contributed by atoms with Crippen molar-refractivity contribution >= 4 is 15.5 Å². The second-order valence-electron chi connectivity index (χ2n) is 0.247. The fourth-order valence-electron chi connectivity index (χ4n) is 0. The molecule has 0 bridgehead atoms. The van der Waals surface area contributed by atoms with Crippen LogP contribution in [0.5, 0.6) is 0 Å². The van der Waals surface area contributed by atoms with E-state index in [0.717, 1.165) is 0 Å². The van der Waals surface area contributed by atoms with Crippen LogP contribution in [0.4, 0.5) is 10.6 Å². The summed E-state index contributed by atoms with van der Waals surface area (Å²) in [4.78, 5) is 0. The Kier molecular flexibility index (Phi) is 26.2. The first-order valence-corrected chi connectivity index (χ1v) is 1.96. The first-order valence-electron chi connectivity index (χ1n) is 0.655. The number of hydrogen-bond donors (Lipinski definition) is 1. The molecule has 0 aromatic rings. The van der Waals surface area contributed by atoms with E-state index in [2.05, 4.69) is 0 Å². The summed E-state index contributed by atoms with van der Waals surface area (Å²) in [6.07, 6.45) is 0. The molecule has 34 valence electrons. The van der Waals surface area contributed by atoms with Crippen LogP contribution in [-0.4, -0.2) is 15.5 Å². The van der Waals surface area contributed by atoms with Gasteiger partial charge in [0.05, 0.1) is 0 Å². The van der Waals surface area contributed by atoms with Crippen molar-refractivity contribution in [2.45, 2.75) is 0 Å². The molecule has 0 amide bonds. The number of hydrogen-bond acceptors (Lipinski definition) is 1. The maximum Gasteiger partial charge on any atom is 1.04 e. The van der Waals surface area contributed by atoms with E-state index < -0.39 is 15.5 Å². The minimum atomic E-state index is -4.64. The van der Waals surface area contributed by atoms with Crippen molar-refractivity contribution < 1.29 is 63.4 Å². The molecule has 0 atom stereocenters. The average molecular weight is 141 g/mol. The molecule has 1 nitrogen and oxygen atoms in total. The Morgan fingerprint density at radius 2 is 1.17 bits per heavy atom. The van der Waals surface area contributed by atoms with Crippen LogP contribution in [0.25, 0.3) is 0 Å². The Labute approximate surface area is 83.6 Å². The van der Waals surface area contributed by atoms with Crippen LogP contribution >= 0.6 is 0 Å². The third-order valence-electron chi connectivity index (χ3n) is 0. The van der Waals surface area contributed by atoms with Crippen LogP contribution in [0.15, 0.2) is 0 Å². The summed E-state index contributed by atoms with van der Waals surface area (Å²) in [5, 5.41) is 0. The summed E-state index contributed by atoms with van der Waals surface area (Å²) in [5.74, 6) is 0. The Morgan fingerprint density at radius 3 is 1.17 bits per heavy atom. The quantitative estimate of drug-likeness (QED) is 0.395. The van der Waals surface area contributed by atoms with Crippen LogP contribution in [0.1, 0.15) is 1.43 Å². The van der Waals surface area contributed by atoms with Crippen molar-refractivity contribution in [2.24, 2.45) is 0 Å². The van der Waals surface area contributed by atoms with Gasteiger partial charge in [0.2, 0.25) is 0 Å². The summed E-state index contributed by atoms with van der Waals surface area (Å²) in [5.41, 5.74) is 0. The van der Waals surface area contributed by atoms with Crippen molar-refractivity contribution in [1.29, 1.82) is 0 Å². The molecule has 0 aliphatic heterocycles. The van der Waals surface area contributed by atoms with Crippen molar-refractivity contribution in [3.63, 3.8) is 0 Å². The minimum Gasteiger partial charge on any atom is -1.00 e. The van der Waals surface area contributed by atoms with E-state index >= 15 is 0 Å². The molecule has 0 saturated heterocycles. The molecule has 0 rings (SSSR count). The van der Waals surface area contributed by atoms with Gasteiger partial charge in [-0.1, -0.05) is 0 Å². The largest absolute Gasteiger partial charge is 1.04 e. The smallest absolute Gasteiger partial charge is 1.00 e. The molecule has 0 saturated carbocycles. The standard InChI is InChI=1S/Al.3FH.K.H3N.H/h;3*1H;;1H3;/q+3;;;;+1;;-1/p-3. The van der Waals surface area contributed by atoms with Gasteiger partial charge in [-0.2, -0.15) is 0 Å². The first kappa shape index (κ1) is 15.7. The molecule has 0 aliphatic rings. The topological polar surface area (TPSA) is 35.0 Å². The summed E-state index contributed by atoms with van der Waals surface area (Å²) >= 11 is -4.64. The fraction of sp³-hybridized carbons (Fsp3) is 0. The Hall–Kier alpha value is 1.92. The molecule has 0 fully saturated rings. The summed E-state index contributed by atoms with van der Waals surface area (Å²) < 4.78 is 29.4. The van der Waals surface area contributed by atoms with Crippen LogP contribution in [0.2, 0.25) is 0 Å². The first-order chi connectivity index (χ1) is 1.73. The van der Waals surface area contributed by atoms with Crippen molar-refractivity contribution in [1.82, 2.24) is 6.15 Å². The van der Waals surface area contributed by atoms with E-state index in [0.29, 0.717) is 0 Å². The monoisotopic (exact) mass is 141 g/mol. The van der Waals surface area contributed by atoms with Crippen LogP contribution in [0, 0.1) is 0 Å². The third kappa shape index (κ3) is 38.9. The van der Waals surface area contributed by atoms with E-state index in [1.807, 2.05) is 0 Å². The zero-order chi connectivity index (χ0) is 3.58.